The molecule has 1 aliphatic carbocycles. The van der Waals surface area contributed by atoms with Gasteiger partial charge < -0.3 is 10.0 Å². The molecule has 1 fully saturated rings. The number of rotatable bonds is 6. The number of nitrogens with zero attached hydrogens (tertiary/aromatic N) is 1. The molecule has 0 bridgehead atoms. The lowest BCUT2D eigenvalue weighted by Crippen LogP contribution is -2.45. The van der Waals surface area contributed by atoms with E-state index in [1.165, 1.54) is 17.7 Å². The average Bonchev–Trinajstić information content (AvgIpc) is 2.65. The minimum absolute atomic E-state index is 0.00751. The van der Waals surface area contributed by atoms with Crippen molar-refractivity contribution in [2.24, 2.45) is 11.8 Å². The Balaban J connectivity index is 1.75. The summed E-state index contributed by atoms with van der Waals surface area (Å²) < 4.78 is 27.1. The number of aliphatic hydroxyl groups is 1. The smallest absolute Gasteiger partial charge is 0.159 e. The zero-order valence-corrected chi connectivity index (χ0v) is 16.2. The zero-order chi connectivity index (χ0) is 19.4. The van der Waals surface area contributed by atoms with Crippen LogP contribution in [-0.4, -0.2) is 30.6 Å². The van der Waals surface area contributed by atoms with Gasteiger partial charge in [-0.25, -0.2) is 8.78 Å². The van der Waals surface area contributed by atoms with Crippen LogP contribution in [-0.2, 0) is 12.0 Å². The molecule has 2 nitrogen and oxygen atoms in total. The van der Waals surface area contributed by atoms with Gasteiger partial charge in [-0.3, -0.25) is 0 Å². The molecule has 4 heteroatoms. The van der Waals surface area contributed by atoms with Crippen LogP contribution in [0.1, 0.15) is 36.8 Å². The van der Waals surface area contributed by atoms with Gasteiger partial charge in [0.1, 0.15) is 0 Å². The summed E-state index contributed by atoms with van der Waals surface area (Å²) in [6.45, 7) is 0.720. The fourth-order valence-electron chi connectivity index (χ4n) is 4.43. The highest BCUT2D eigenvalue weighted by atomic mass is 19.2. The van der Waals surface area contributed by atoms with Crippen LogP contribution in [0.2, 0.25) is 0 Å². The number of hydrogen-bond donors (Lipinski definition) is 1. The van der Waals surface area contributed by atoms with Gasteiger partial charge >= 0.3 is 0 Å². The second-order valence-corrected chi connectivity index (χ2v) is 8.18. The second-order valence-electron chi connectivity index (χ2n) is 8.18. The van der Waals surface area contributed by atoms with E-state index in [0.717, 1.165) is 38.3 Å². The minimum Gasteiger partial charge on any atom is -0.385 e. The Morgan fingerprint density at radius 2 is 1.81 bits per heavy atom. The van der Waals surface area contributed by atoms with Crippen LogP contribution in [0.5, 0.6) is 0 Å². The monoisotopic (exact) mass is 373 g/mol. The van der Waals surface area contributed by atoms with Crippen LogP contribution in [0.25, 0.3) is 0 Å². The molecule has 1 N–H and O–H groups in total. The van der Waals surface area contributed by atoms with Crippen LogP contribution in [0.15, 0.2) is 48.5 Å². The topological polar surface area (TPSA) is 23.5 Å². The van der Waals surface area contributed by atoms with E-state index in [9.17, 15) is 13.9 Å². The van der Waals surface area contributed by atoms with E-state index in [0.29, 0.717) is 17.9 Å². The first kappa shape index (κ1) is 20.0. The quantitative estimate of drug-likeness (QED) is 0.789. The van der Waals surface area contributed by atoms with Crippen molar-refractivity contribution in [1.29, 1.82) is 0 Å². The minimum atomic E-state index is -1.11. The number of hydrogen-bond acceptors (Lipinski definition) is 2. The molecule has 27 heavy (non-hydrogen) atoms. The molecule has 0 amide bonds. The predicted molar refractivity (Wildman–Crippen MR) is 104 cm³/mol. The summed E-state index contributed by atoms with van der Waals surface area (Å²) in [5, 5.41) is 11.5. The lowest BCUT2D eigenvalue weighted by atomic mass is 9.66. The van der Waals surface area contributed by atoms with Crippen molar-refractivity contribution in [3.8, 4) is 0 Å². The zero-order valence-electron chi connectivity index (χ0n) is 16.2. The fraction of sp³-hybridized carbons (Fsp3) is 0.478. The maximum atomic E-state index is 13.8. The van der Waals surface area contributed by atoms with Crippen molar-refractivity contribution < 1.29 is 13.9 Å². The summed E-state index contributed by atoms with van der Waals surface area (Å²) in [6, 6.07) is 14.3. The normalized spacial score (nSPS) is 25.7. The molecule has 0 saturated heterocycles. The van der Waals surface area contributed by atoms with Gasteiger partial charge in [0, 0.05) is 12.5 Å². The van der Waals surface area contributed by atoms with E-state index in [1.807, 2.05) is 20.2 Å². The van der Waals surface area contributed by atoms with E-state index < -0.39 is 17.2 Å². The number of aryl methyl sites for hydroxylation is 1. The van der Waals surface area contributed by atoms with Crippen LogP contribution in [0, 0.1) is 23.5 Å². The molecule has 3 rings (SSSR count). The van der Waals surface area contributed by atoms with E-state index >= 15 is 0 Å². The molecule has 0 spiro atoms. The van der Waals surface area contributed by atoms with Crippen molar-refractivity contribution in [2.75, 3.05) is 20.6 Å². The molecule has 3 atom stereocenters. The largest absolute Gasteiger partial charge is 0.385 e. The van der Waals surface area contributed by atoms with Gasteiger partial charge in [-0.1, -0.05) is 36.4 Å². The molecule has 1 aliphatic rings. The van der Waals surface area contributed by atoms with Gasteiger partial charge in [0.25, 0.3) is 0 Å². The third-order valence-corrected chi connectivity index (χ3v) is 5.92. The predicted octanol–water partition coefficient (Wildman–Crippen LogP) is 4.76. The number of benzene rings is 2. The molecule has 146 valence electrons. The Hall–Kier alpha value is -1.78. The maximum absolute atomic E-state index is 13.8. The summed E-state index contributed by atoms with van der Waals surface area (Å²) >= 11 is 0. The van der Waals surface area contributed by atoms with Gasteiger partial charge in [-0.2, -0.15) is 0 Å². The fourth-order valence-corrected chi connectivity index (χ4v) is 4.43. The van der Waals surface area contributed by atoms with Gasteiger partial charge in [-0.15, -0.1) is 0 Å². The third kappa shape index (κ3) is 4.74. The molecule has 1 saturated carbocycles. The average molecular weight is 373 g/mol. The molecule has 0 heterocycles. The van der Waals surface area contributed by atoms with E-state index in [-0.39, 0.29) is 5.92 Å². The van der Waals surface area contributed by atoms with Gasteiger partial charge in [0.2, 0.25) is 0 Å². The molecular formula is C23H29F2NO. The van der Waals surface area contributed by atoms with Gasteiger partial charge in [-0.05, 0) is 75.4 Å². The van der Waals surface area contributed by atoms with Gasteiger partial charge in [0.15, 0.2) is 11.6 Å². The van der Waals surface area contributed by atoms with Crippen LogP contribution in [0.3, 0.4) is 0 Å². The second kappa shape index (κ2) is 8.49. The SMILES string of the molecule is CN(C)CC1CC(CCc2ccccc2)CCC1(O)c1ccc(F)c(F)c1. The highest BCUT2D eigenvalue weighted by Crippen LogP contribution is 2.45. The molecule has 3 unspecified atom stereocenters. The summed E-state index contributed by atoms with van der Waals surface area (Å²) in [5.74, 6) is -1.24. The first-order valence-corrected chi connectivity index (χ1v) is 9.75. The number of halogens is 2. The van der Waals surface area contributed by atoms with Crippen LogP contribution < -0.4 is 0 Å². The third-order valence-electron chi connectivity index (χ3n) is 5.92. The van der Waals surface area contributed by atoms with Crippen LogP contribution >= 0.6 is 0 Å². The maximum Gasteiger partial charge on any atom is 0.159 e. The molecule has 2 aromatic carbocycles. The summed E-state index contributed by atoms with van der Waals surface area (Å²) in [4.78, 5) is 2.06. The van der Waals surface area contributed by atoms with Crippen molar-refractivity contribution in [1.82, 2.24) is 4.90 Å². The van der Waals surface area contributed by atoms with Crippen molar-refractivity contribution in [3.05, 3.63) is 71.3 Å². The lowest BCUT2D eigenvalue weighted by Gasteiger charge is -2.44. The van der Waals surface area contributed by atoms with Crippen molar-refractivity contribution in [2.45, 2.75) is 37.7 Å². The Morgan fingerprint density at radius 3 is 2.48 bits per heavy atom. The molecule has 0 aliphatic heterocycles. The van der Waals surface area contributed by atoms with E-state index in [1.54, 1.807) is 0 Å². The molecule has 0 aromatic heterocycles. The van der Waals surface area contributed by atoms with Crippen molar-refractivity contribution in [3.63, 3.8) is 0 Å². The Morgan fingerprint density at radius 1 is 1.07 bits per heavy atom. The molecular weight excluding hydrogens is 344 g/mol. The Labute approximate surface area is 160 Å². The highest BCUT2D eigenvalue weighted by Gasteiger charge is 2.43. The summed E-state index contributed by atoms with van der Waals surface area (Å²) in [7, 11) is 3.97. The highest BCUT2D eigenvalue weighted by molar-refractivity contribution is 5.26. The first-order chi connectivity index (χ1) is 12.9. The van der Waals surface area contributed by atoms with E-state index in [4.69, 9.17) is 0 Å². The summed E-state index contributed by atoms with van der Waals surface area (Å²) in [6.07, 6.45) is 4.48. The van der Waals surface area contributed by atoms with Gasteiger partial charge in [0.05, 0.1) is 5.60 Å². The molecule has 0 radical (unpaired) electrons. The van der Waals surface area contributed by atoms with E-state index in [2.05, 4.69) is 29.2 Å². The Bertz CT molecular complexity index is 749. The lowest BCUT2D eigenvalue weighted by molar-refractivity contribution is -0.0763. The van der Waals surface area contributed by atoms with Crippen molar-refractivity contribution >= 4 is 0 Å². The Kier molecular flexibility index (Phi) is 6.28. The molecule has 2 aromatic rings. The standard InChI is InChI=1S/C23H29F2NO/c1-26(2)16-20-14-18(9-8-17-6-4-3-5-7-17)12-13-23(20,27)19-10-11-21(24)22(25)15-19/h3-7,10-11,15,18,20,27H,8-9,12-14,16H2,1-2H3. The summed E-state index contributed by atoms with van der Waals surface area (Å²) in [5.41, 5.74) is 0.722. The van der Waals surface area contributed by atoms with Crippen LogP contribution in [0.4, 0.5) is 8.78 Å². The first-order valence-electron chi connectivity index (χ1n) is 9.75.